The van der Waals surface area contributed by atoms with Crippen molar-refractivity contribution in [2.24, 2.45) is 56.7 Å². The van der Waals surface area contributed by atoms with Gasteiger partial charge in [0.1, 0.15) is 6.61 Å². The third-order valence-corrected chi connectivity index (χ3v) is 17.6. The molecule has 7 fully saturated rings. The number of aliphatic carboxylic acids is 1. The number of aliphatic hydroxyl groups excluding tert-OH is 1. The summed E-state index contributed by atoms with van der Waals surface area (Å²) in [5.41, 5.74) is 0.285. The van der Waals surface area contributed by atoms with Gasteiger partial charge >= 0.3 is 12.1 Å². The van der Waals surface area contributed by atoms with Crippen LogP contribution in [0.5, 0.6) is 0 Å². The highest BCUT2D eigenvalue weighted by molar-refractivity contribution is 5.76. The lowest BCUT2D eigenvalue weighted by atomic mass is 9.32. The number of hydrogen-bond donors (Lipinski definition) is 2. The van der Waals surface area contributed by atoms with Gasteiger partial charge in [-0.1, -0.05) is 39.8 Å². The summed E-state index contributed by atoms with van der Waals surface area (Å²) >= 11 is 0. The Kier molecular flexibility index (Phi) is 9.12. The third kappa shape index (κ3) is 5.29. The lowest BCUT2D eigenvalue weighted by Crippen LogP contribution is -2.67. The number of carbonyl (C=O) groups is 2. The summed E-state index contributed by atoms with van der Waals surface area (Å²) in [5, 5.41) is 22.4. The molecule has 5 saturated carbocycles. The van der Waals surface area contributed by atoms with Crippen LogP contribution < -0.4 is 0 Å². The molecule has 4 unspecified atom stereocenters. The van der Waals surface area contributed by atoms with E-state index in [2.05, 4.69) is 58.0 Å². The van der Waals surface area contributed by atoms with Crippen molar-refractivity contribution < 1.29 is 24.5 Å². The molecular formula is C41H67N3O5. The molecule has 1 amide bonds. The van der Waals surface area contributed by atoms with E-state index < -0.39 is 22.9 Å². The predicted molar refractivity (Wildman–Crippen MR) is 192 cm³/mol. The van der Waals surface area contributed by atoms with Gasteiger partial charge in [-0.05, 0) is 150 Å². The zero-order valence-electron chi connectivity index (χ0n) is 31.6. The van der Waals surface area contributed by atoms with Crippen LogP contribution in [0.4, 0.5) is 4.79 Å². The number of likely N-dealkylation sites (tertiary alicyclic amines) is 1. The molecule has 11 atom stereocenters. The minimum Gasteiger partial charge on any atom is -0.481 e. The van der Waals surface area contributed by atoms with Gasteiger partial charge in [-0.3, -0.25) is 9.69 Å². The van der Waals surface area contributed by atoms with Crippen molar-refractivity contribution in [2.75, 3.05) is 52.9 Å². The van der Waals surface area contributed by atoms with E-state index in [1.165, 1.54) is 18.4 Å². The fraction of sp³-hybridized carbons (Fsp3) is 0.902. The van der Waals surface area contributed by atoms with Gasteiger partial charge in [-0.2, -0.15) is 0 Å². The lowest BCUT2D eigenvalue weighted by molar-refractivity contribution is -0.254. The number of fused-ring (bicyclic) bond motifs is 7. The molecule has 5 aliphatic carbocycles. The van der Waals surface area contributed by atoms with Gasteiger partial charge in [0.25, 0.3) is 0 Å². The molecule has 2 heterocycles. The van der Waals surface area contributed by atoms with Crippen molar-refractivity contribution in [2.45, 2.75) is 124 Å². The number of aliphatic hydroxyl groups is 1. The molecule has 276 valence electrons. The third-order valence-electron chi connectivity index (χ3n) is 17.6. The standard InChI is InChI=1S/C41H67N3O5/c1-27(2)29-10-17-41(35(46)47)19-18-39(5)30(34(29)41)8-9-32-37(3)15-12-33(45)38(4,31(37)11-16-40(32,39)6)26-49-36(48)44-24-22-43(23-25-44)28-13-20-42(7)21-14-28/h28-34,45H,1,8-26H2,2-7H3,(H,46,47)/t29-,30?,31?,32?,33-,34?,37-,38-,39+,40+,41-/m0/s1. The van der Waals surface area contributed by atoms with Gasteiger partial charge in [-0.25, -0.2) is 4.79 Å². The highest BCUT2D eigenvalue weighted by atomic mass is 16.6. The van der Waals surface area contributed by atoms with Crippen LogP contribution in [-0.2, 0) is 9.53 Å². The Morgan fingerprint density at radius 3 is 2.14 bits per heavy atom. The molecule has 2 aliphatic heterocycles. The van der Waals surface area contributed by atoms with E-state index in [9.17, 15) is 19.8 Å². The molecule has 0 aromatic heterocycles. The second kappa shape index (κ2) is 12.5. The maximum atomic E-state index is 13.5. The van der Waals surface area contributed by atoms with E-state index >= 15 is 0 Å². The van der Waals surface area contributed by atoms with Gasteiger partial charge in [0, 0.05) is 37.6 Å². The Hall–Kier alpha value is -1.64. The highest BCUT2D eigenvalue weighted by Gasteiger charge is 2.72. The van der Waals surface area contributed by atoms with Gasteiger partial charge in [0.05, 0.1) is 11.5 Å². The quantitative estimate of drug-likeness (QED) is 0.305. The first kappa shape index (κ1) is 35.7. The molecule has 7 aliphatic rings. The van der Waals surface area contributed by atoms with Gasteiger partial charge < -0.3 is 24.7 Å². The van der Waals surface area contributed by atoms with E-state index in [0.717, 1.165) is 90.4 Å². The topological polar surface area (TPSA) is 93.5 Å². The van der Waals surface area contributed by atoms with E-state index in [-0.39, 0.29) is 40.8 Å². The van der Waals surface area contributed by atoms with Crippen molar-refractivity contribution in [3.63, 3.8) is 0 Å². The van der Waals surface area contributed by atoms with Crippen molar-refractivity contribution >= 4 is 12.1 Å². The number of carbonyl (C=O) groups excluding carboxylic acids is 1. The number of carboxylic acid groups (broad SMARTS) is 1. The maximum absolute atomic E-state index is 13.5. The van der Waals surface area contributed by atoms with E-state index in [1.807, 2.05) is 4.90 Å². The predicted octanol–water partition coefficient (Wildman–Crippen LogP) is 6.92. The molecule has 49 heavy (non-hydrogen) atoms. The fourth-order valence-electron chi connectivity index (χ4n) is 14.5. The molecule has 7 rings (SSSR count). The zero-order valence-corrected chi connectivity index (χ0v) is 31.6. The summed E-state index contributed by atoms with van der Waals surface area (Å²) in [6.07, 6.45) is 11.3. The fourth-order valence-corrected chi connectivity index (χ4v) is 14.5. The second-order valence-electron chi connectivity index (χ2n) is 19.3. The Bertz CT molecular complexity index is 1310. The van der Waals surface area contributed by atoms with Crippen LogP contribution in [0.25, 0.3) is 0 Å². The number of rotatable bonds is 5. The number of piperidine rings is 1. The van der Waals surface area contributed by atoms with Crippen molar-refractivity contribution in [1.29, 1.82) is 0 Å². The first-order valence-corrected chi connectivity index (χ1v) is 20.0. The molecule has 0 radical (unpaired) electrons. The average molecular weight is 682 g/mol. The zero-order chi connectivity index (χ0) is 35.1. The summed E-state index contributed by atoms with van der Waals surface area (Å²) in [6, 6.07) is 0.622. The minimum absolute atomic E-state index is 0.0336. The highest BCUT2D eigenvalue weighted by Crippen LogP contribution is 2.77. The van der Waals surface area contributed by atoms with Crippen LogP contribution in [0.3, 0.4) is 0 Å². The Morgan fingerprint density at radius 2 is 1.49 bits per heavy atom. The number of allylic oxidation sites excluding steroid dienone is 1. The number of amides is 1. The molecule has 8 heteroatoms. The Labute approximate surface area is 296 Å². The van der Waals surface area contributed by atoms with Crippen LogP contribution in [0.15, 0.2) is 12.2 Å². The Balaban J connectivity index is 1.06. The van der Waals surface area contributed by atoms with Gasteiger partial charge in [0.2, 0.25) is 0 Å². The molecule has 0 aromatic carbocycles. The summed E-state index contributed by atoms with van der Waals surface area (Å²) in [7, 11) is 2.20. The molecule has 0 bridgehead atoms. The van der Waals surface area contributed by atoms with Crippen molar-refractivity contribution in [1.82, 2.24) is 14.7 Å². The summed E-state index contributed by atoms with van der Waals surface area (Å²) in [5.74, 6) is 1.06. The van der Waals surface area contributed by atoms with Crippen LogP contribution in [0.1, 0.15) is 112 Å². The lowest BCUT2D eigenvalue weighted by Gasteiger charge is -2.72. The van der Waals surface area contributed by atoms with Gasteiger partial charge in [-0.15, -0.1) is 0 Å². The van der Waals surface area contributed by atoms with Crippen LogP contribution in [-0.4, -0.2) is 102 Å². The van der Waals surface area contributed by atoms with Crippen LogP contribution >= 0.6 is 0 Å². The van der Waals surface area contributed by atoms with E-state index in [0.29, 0.717) is 36.9 Å². The number of piperazine rings is 1. The summed E-state index contributed by atoms with van der Waals surface area (Å²) < 4.78 is 6.20. The monoisotopic (exact) mass is 682 g/mol. The molecular weight excluding hydrogens is 614 g/mol. The largest absolute Gasteiger partial charge is 0.481 e. The first-order chi connectivity index (χ1) is 23.1. The second-order valence-corrected chi connectivity index (χ2v) is 19.3. The van der Waals surface area contributed by atoms with E-state index in [4.69, 9.17) is 4.74 Å². The molecule has 8 nitrogen and oxygen atoms in total. The molecule has 0 spiro atoms. The summed E-state index contributed by atoms with van der Waals surface area (Å²) in [4.78, 5) is 33.4. The maximum Gasteiger partial charge on any atom is 0.409 e. The Morgan fingerprint density at radius 1 is 0.796 bits per heavy atom. The summed E-state index contributed by atoms with van der Waals surface area (Å²) in [6.45, 7) is 22.2. The number of carboxylic acids is 1. The SMILES string of the molecule is C=C(C)[C@@H]1CC[C@]2(C(=O)O)CC[C@]3(C)C(CCC4[C@@]5(C)CC[C@H](O)[C@@](C)(COC(=O)N6CCN(C7CCN(C)CC7)CC6)C5CC[C@]43C)C12. The van der Waals surface area contributed by atoms with Crippen molar-refractivity contribution in [3.05, 3.63) is 12.2 Å². The minimum atomic E-state index is -0.602. The number of hydrogen-bond acceptors (Lipinski definition) is 6. The average Bonchev–Trinajstić information content (AvgIpc) is 3.48. The van der Waals surface area contributed by atoms with E-state index in [1.54, 1.807) is 0 Å². The smallest absolute Gasteiger partial charge is 0.409 e. The van der Waals surface area contributed by atoms with Crippen LogP contribution in [0.2, 0.25) is 0 Å². The molecule has 2 saturated heterocycles. The van der Waals surface area contributed by atoms with Crippen LogP contribution in [0, 0.1) is 56.7 Å². The number of nitrogens with zero attached hydrogens (tertiary/aromatic N) is 3. The molecule has 2 N–H and O–H groups in total. The number of ether oxygens (including phenoxy) is 1. The van der Waals surface area contributed by atoms with Crippen molar-refractivity contribution in [3.8, 4) is 0 Å². The van der Waals surface area contributed by atoms with Gasteiger partial charge in [0.15, 0.2) is 0 Å². The normalized spacial score (nSPS) is 47.8. The first-order valence-electron chi connectivity index (χ1n) is 20.0. The molecule has 0 aromatic rings.